The van der Waals surface area contributed by atoms with Crippen LogP contribution < -0.4 is 0 Å². The minimum absolute atomic E-state index is 0.161. The van der Waals surface area contributed by atoms with Gasteiger partial charge >= 0.3 is 0 Å². The standard InChI is InChI=1S/C10H17NO3/c1-10(2,7-12)11-8(13)5-3-4-6-9(11)14/h12H,3-7H2,1-2H3. The quantitative estimate of drug-likeness (QED) is 0.665. The number of aliphatic hydroxyl groups is 1. The normalized spacial score (nSPS) is 19.8. The lowest BCUT2D eigenvalue weighted by Crippen LogP contribution is -2.52. The zero-order valence-electron chi connectivity index (χ0n) is 8.75. The van der Waals surface area contributed by atoms with E-state index in [4.69, 9.17) is 5.11 Å². The second kappa shape index (κ2) is 4.09. The van der Waals surface area contributed by atoms with Crippen LogP contribution >= 0.6 is 0 Å². The van der Waals surface area contributed by atoms with Crippen molar-refractivity contribution in [3.05, 3.63) is 0 Å². The largest absolute Gasteiger partial charge is 0.394 e. The number of rotatable bonds is 2. The van der Waals surface area contributed by atoms with E-state index in [-0.39, 0.29) is 18.4 Å². The molecule has 1 N–H and O–H groups in total. The van der Waals surface area contributed by atoms with Gasteiger partial charge in [-0.25, -0.2) is 0 Å². The van der Waals surface area contributed by atoms with Gasteiger partial charge in [-0.15, -0.1) is 0 Å². The van der Waals surface area contributed by atoms with E-state index >= 15 is 0 Å². The number of nitrogens with zero attached hydrogens (tertiary/aromatic N) is 1. The molecule has 0 radical (unpaired) electrons. The Hall–Kier alpha value is -0.900. The molecule has 1 fully saturated rings. The van der Waals surface area contributed by atoms with Crippen LogP contribution in [0, 0.1) is 0 Å². The summed E-state index contributed by atoms with van der Waals surface area (Å²) in [4.78, 5) is 24.5. The predicted octanol–water partition coefficient (Wildman–Crippen LogP) is 0.686. The first-order valence-corrected chi connectivity index (χ1v) is 4.96. The third-order valence-electron chi connectivity index (χ3n) is 2.52. The Labute approximate surface area is 83.9 Å². The van der Waals surface area contributed by atoms with Crippen LogP contribution in [0.3, 0.4) is 0 Å². The minimum atomic E-state index is -0.765. The number of carbonyl (C=O) groups excluding carboxylic acids is 2. The van der Waals surface area contributed by atoms with Crippen molar-refractivity contribution in [1.29, 1.82) is 0 Å². The molecule has 0 atom stereocenters. The van der Waals surface area contributed by atoms with Gasteiger partial charge in [0, 0.05) is 12.8 Å². The van der Waals surface area contributed by atoms with Crippen molar-refractivity contribution in [2.75, 3.05) is 6.61 Å². The van der Waals surface area contributed by atoms with E-state index in [1.54, 1.807) is 13.8 Å². The molecule has 0 aromatic rings. The van der Waals surface area contributed by atoms with Gasteiger partial charge in [-0.3, -0.25) is 14.5 Å². The SMILES string of the molecule is CC(C)(CO)N1C(=O)CCCCC1=O. The van der Waals surface area contributed by atoms with Gasteiger partial charge in [-0.05, 0) is 26.7 Å². The van der Waals surface area contributed by atoms with Gasteiger partial charge < -0.3 is 5.11 Å². The number of imide groups is 1. The Bertz CT molecular complexity index is 230. The third-order valence-corrected chi connectivity index (χ3v) is 2.52. The van der Waals surface area contributed by atoms with Crippen LogP contribution in [0.4, 0.5) is 0 Å². The van der Waals surface area contributed by atoms with Crippen molar-refractivity contribution in [1.82, 2.24) is 4.90 Å². The number of hydrogen-bond acceptors (Lipinski definition) is 3. The number of amides is 2. The molecular formula is C10H17NO3. The molecule has 0 spiro atoms. The van der Waals surface area contributed by atoms with Gasteiger partial charge in [-0.1, -0.05) is 0 Å². The van der Waals surface area contributed by atoms with Crippen LogP contribution in [0.15, 0.2) is 0 Å². The molecule has 14 heavy (non-hydrogen) atoms. The molecule has 2 amide bonds. The summed E-state index contributed by atoms with van der Waals surface area (Å²) in [5.41, 5.74) is -0.765. The first-order chi connectivity index (χ1) is 6.49. The van der Waals surface area contributed by atoms with Gasteiger partial charge in [0.05, 0.1) is 12.1 Å². The first-order valence-electron chi connectivity index (χ1n) is 4.96. The monoisotopic (exact) mass is 199 g/mol. The van der Waals surface area contributed by atoms with Gasteiger partial charge in [0.2, 0.25) is 11.8 Å². The highest BCUT2D eigenvalue weighted by atomic mass is 16.3. The zero-order chi connectivity index (χ0) is 10.8. The third kappa shape index (κ3) is 2.12. The fraction of sp³-hybridized carbons (Fsp3) is 0.800. The average Bonchev–Trinajstić information content (AvgIpc) is 2.27. The van der Waals surface area contributed by atoms with Crippen LogP contribution in [0.5, 0.6) is 0 Å². The van der Waals surface area contributed by atoms with E-state index in [0.717, 1.165) is 12.8 Å². The Kier molecular flexibility index (Phi) is 3.26. The van der Waals surface area contributed by atoms with Gasteiger partial charge in [0.1, 0.15) is 0 Å². The highest BCUT2D eigenvalue weighted by Crippen LogP contribution is 2.21. The van der Waals surface area contributed by atoms with Crippen molar-refractivity contribution in [3.8, 4) is 0 Å². The van der Waals surface area contributed by atoms with Gasteiger partial charge in [-0.2, -0.15) is 0 Å². The molecule has 1 saturated heterocycles. The molecule has 0 unspecified atom stereocenters. The molecule has 0 saturated carbocycles. The van der Waals surface area contributed by atoms with E-state index in [9.17, 15) is 9.59 Å². The molecule has 1 aliphatic heterocycles. The van der Waals surface area contributed by atoms with Crippen molar-refractivity contribution < 1.29 is 14.7 Å². The zero-order valence-corrected chi connectivity index (χ0v) is 8.75. The summed E-state index contributed by atoms with van der Waals surface area (Å²) in [5.74, 6) is -0.321. The average molecular weight is 199 g/mol. The lowest BCUT2D eigenvalue weighted by atomic mass is 10.0. The molecule has 4 heteroatoms. The number of carbonyl (C=O) groups is 2. The van der Waals surface area contributed by atoms with E-state index in [1.165, 1.54) is 4.90 Å². The van der Waals surface area contributed by atoms with Crippen LogP contribution in [0.25, 0.3) is 0 Å². The fourth-order valence-corrected chi connectivity index (χ4v) is 1.66. The second-order valence-corrected chi connectivity index (χ2v) is 4.30. The number of likely N-dealkylation sites (tertiary alicyclic amines) is 1. The molecule has 4 nitrogen and oxygen atoms in total. The molecule has 0 bridgehead atoms. The van der Waals surface area contributed by atoms with Gasteiger partial charge in [0.25, 0.3) is 0 Å². The molecule has 80 valence electrons. The minimum Gasteiger partial charge on any atom is -0.394 e. The van der Waals surface area contributed by atoms with E-state index in [0.29, 0.717) is 12.8 Å². The van der Waals surface area contributed by atoms with Crippen LogP contribution in [-0.2, 0) is 9.59 Å². The highest BCUT2D eigenvalue weighted by Gasteiger charge is 2.36. The van der Waals surface area contributed by atoms with Crippen molar-refractivity contribution in [2.24, 2.45) is 0 Å². The Balaban J connectivity index is 2.90. The fourth-order valence-electron chi connectivity index (χ4n) is 1.66. The van der Waals surface area contributed by atoms with Crippen molar-refractivity contribution in [2.45, 2.75) is 45.1 Å². The lowest BCUT2D eigenvalue weighted by molar-refractivity contribution is -0.151. The highest BCUT2D eigenvalue weighted by molar-refractivity contribution is 5.96. The summed E-state index contributed by atoms with van der Waals surface area (Å²) in [6.45, 7) is 3.22. The summed E-state index contributed by atoms with van der Waals surface area (Å²) >= 11 is 0. The Morgan fingerprint density at radius 3 is 2.00 bits per heavy atom. The maximum Gasteiger partial charge on any atom is 0.229 e. The van der Waals surface area contributed by atoms with Crippen molar-refractivity contribution >= 4 is 11.8 Å². The van der Waals surface area contributed by atoms with Gasteiger partial charge in [0.15, 0.2) is 0 Å². The smallest absolute Gasteiger partial charge is 0.229 e. The number of aliphatic hydroxyl groups excluding tert-OH is 1. The number of hydrogen-bond donors (Lipinski definition) is 1. The topological polar surface area (TPSA) is 57.6 Å². The molecule has 1 rings (SSSR count). The molecule has 0 aliphatic carbocycles. The molecule has 0 aromatic carbocycles. The second-order valence-electron chi connectivity index (χ2n) is 4.30. The molecule has 1 aliphatic rings. The van der Waals surface area contributed by atoms with Crippen LogP contribution in [-0.4, -0.2) is 34.0 Å². The summed E-state index contributed by atoms with van der Waals surface area (Å²) in [6.07, 6.45) is 2.36. The van der Waals surface area contributed by atoms with Crippen LogP contribution in [0.1, 0.15) is 39.5 Å². The summed E-state index contributed by atoms with van der Waals surface area (Å²) in [7, 11) is 0. The summed E-state index contributed by atoms with van der Waals surface area (Å²) in [5, 5.41) is 9.13. The van der Waals surface area contributed by atoms with E-state index < -0.39 is 5.54 Å². The first kappa shape index (κ1) is 11.2. The lowest BCUT2D eigenvalue weighted by Gasteiger charge is -2.34. The summed E-state index contributed by atoms with van der Waals surface area (Å²) in [6, 6.07) is 0. The Morgan fingerprint density at radius 1 is 1.21 bits per heavy atom. The summed E-state index contributed by atoms with van der Waals surface area (Å²) < 4.78 is 0. The maximum absolute atomic E-state index is 11.6. The molecule has 0 aromatic heterocycles. The van der Waals surface area contributed by atoms with E-state index in [2.05, 4.69) is 0 Å². The Morgan fingerprint density at radius 2 is 1.64 bits per heavy atom. The molecular weight excluding hydrogens is 182 g/mol. The van der Waals surface area contributed by atoms with Crippen molar-refractivity contribution in [3.63, 3.8) is 0 Å². The van der Waals surface area contributed by atoms with Crippen LogP contribution in [0.2, 0.25) is 0 Å². The predicted molar refractivity (Wildman–Crippen MR) is 51.5 cm³/mol. The maximum atomic E-state index is 11.6. The van der Waals surface area contributed by atoms with E-state index in [1.807, 2.05) is 0 Å². The molecule has 1 heterocycles.